The zero-order chi connectivity index (χ0) is 37.3. The SMILES string of the molecule is COc1cc([C@H]2C3=CC[C@@H]4C(=O)N(c5cccc(B(O)O)c5)C(=O)[C@@H]4[C@@H]3C[C@H]3C(=O)N(Nc4ccc(C)cc4)C(=O)[C@@]23c2ccccc2)cc(I)c1O. The van der Waals surface area contributed by atoms with Crippen molar-refractivity contribution in [1.82, 2.24) is 5.01 Å². The average Bonchev–Trinajstić information content (AvgIpc) is 3.54. The van der Waals surface area contributed by atoms with Crippen LogP contribution in [0.3, 0.4) is 0 Å². The molecule has 0 spiro atoms. The first-order chi connectivity index (χ1) is 25.5. The third kappa shape index (κ3) is 5.30. The van der Waals surface area contributed by atoms with Gasteiger partial charge < -0.3 is 19.9 Å². The normalized spacial score (nSPS) is 26.2. The molecule has 4 aromatic rings. The Morgan fingerprint density at radius 2 is 1.62 bits per heavy atom. The van der Waals surface area contributed by atoms with Crippen molar-refractivity contribution in [2.75, 3.05) is 17.4 Å². The molecule has 2 saturated heterocycles. The second kappa shape index (κ2) is 13.1. The molecule has 4 N–H and O–H groups in total. The van der Waals surface area contributed by atoms with E-state index in [1.165, 1.54) is 19.2 Å². The highest BCUT2D eigenvalue weighted by atomic mass is 127. The minimum absolute atomic E-state index is 0.0638. The number of hydrogen-bond donors (Lipinski definition) is 4. The van der Waals surface area contributed by atoms with Gasteiger partial charge in [0.2, 0.25) is 11.8 Å². The Labute approximate surface area is 319 Å². The Hall–Kier alpha value is -4.99. The van der Waals surface area contributed by atoms with Gasteiger partial charge in [0.15, 0.2) is 11.5 Å². The summed E-state index contributed by atoms with van der Waals surface area (Å²) in [5.74, 6) is -5.58. The number of fused-ring (bicyclic) bond motifs is 4. The monoisotopic (exact) mass is 823 g/mol. The standard InChI is InChI=1S/C40H35BIN3O8/c1-21-11-13-25(14-12-21)43-45-37(48)30-20-29-27(15-16-28-33(29)38(49)44(36(28)47)26-10-6-9-24(19-26)41(51)52)34(22-17-31(42)35(46)32(18-22)53-2)40(30,39(45)50)23-7-4-3-5-8-23/h3-15,17-19,28-30,33-34,43,46,51-52H,16,20H2,1-2H3/t28-,29+,30-,33-,34-,40+/m0/s1. The summed E-state index contributed by atoms with van der Waals surface area (Å²) in [5, 5.41) is 31.7. The van der Waals surface area contributed by atoms with E-state index in [2.05, 4.69) is 5.43 Å². The molecule has 2 aliphatic heterocycles. The third-order valence-electron chi connectivity index (χ3n) is 11.4. The van der Waals surface area contributed by atoms with Gasteiger partial charge in [-0.05, 0) is 101 Å². The third-order valence-corrected chi connectivity index (χ3v) is 12.2. The highest BCUT2D eigenvalue weighted by Crippen LogP contribution is 2.64. The van der Waals surface area contributed by atoms with E-state index in [-0.39, 0.29) is 35.5 Å². The predicted molar refractivity (Wildman–Crippen MR) is 205 cm³/mol. The molecule has 0 aromatic heterocycles. The zero-order valence-electron chi connectivity index (χ0n) is 28.8. The first-order valence-electron chi connectivity index (χ1n) is 17.3. The van der Waals surface area contributed by atoms with Crippen molar-refractivity contribution in [2.24, 2.45) is 23.7 Å². The second-order valence-electron chi connectivity index (χ2n) is 14.1. The quantitative estimate of drug-likeness (QED) is 0.0930. The van der Waals surface area contributed by atoms with Crippen LogP contribution in [0.15, 0.2) is 103 Å². The molecule has 2 heterocycles. The topological polar surface area (TPSA) is 157 Å². The number of benzene rings is 4. The lowest BCUT2D eigenvalue weighted by molar-refractivity contribution is -0.138. The van der Waals surface area contributed by atoms with E-state index in [9.17, 15) is 29.5 Å². The number of hydrazine groups is 1. The molecule has 2 aliphatic carbocycles. The van der Waals surface area contributed by atoms with Crippen molar-refractivity contribution in [2.45, 2.75) is 31.1 Å². The molecule has 4 amide bonds. The molecule has 1 saturated carbocycles. The van der Waals surface area contributed by atoms with Crippen LogP contribution in [0.5, 0.6) is 11.5 Å². The Kier molecular flexibility index (Phi) is 8.70. The number of nitrogens with one attached hydrogen (secondary N) is 1. The minimum Gasteiger partial charge on any atom is -0.504 e. The van der Waals surface area contributed by atoms with Gasteiger partial charge in [-0.2, -0.15) is 5.01 Å². The van der Waals surface area contributed by atoms with Crippen molar-refractivity contribution in [3.63, 3.8) is 0 Å². The number of phenolic OH excluding ortho intramolecular Hbond substituents is 1. The number of anilines is 2. The van der Waals surface area contributed by atoms with Gasteiger partial charge in [-0.25, -0.2) is 0 Å². The Bertz CT molecular complexity index is 2210. The van der Waals surface area contributed by atoms with E-state index in [1.54, 1.807) is 36.4 Å². The van der Waals surface area contributed by atoms with Crippen molar-refractivity contribution in [1.29, 1.82) is 0 Å². The van der Waals surface area contributed by atoms with E-state index < -0.39 is 65.8 Å². The molecule has 3 fully saturated rings. The highest BCUT2D eigenvalue weighted by molar-refractivity contribution is 14.1. The van der Waals surface area contributed by atoms with Crippen LogP contribution in [-0.4, -0.2) is 58.0 Å². The lowest BCUT2D eigenvalue weighted by Crippen LogP contribution is -2.53. The summed E-state index contributed by atoms with van der Waals surface area (Å²) in [7, 11) is -0.352. The van der Waals surface area contributed by atoms with Crippen molar-refractivity contribution >= 4 is 70.2 Å². The number of aromatic hydroxyl groups is 1. The fourth-order valence-corrected chi connectivity index (χ4v) is 9.74. The summed E-state index contributed by atoms with van der Waals surface area (Å²) in [4.78, 5) is 60.0. The largest absolute Gasteiger partial charge is 0.504 e. The van der Waals surface area contributed by atoms with Crippen LogP contribution in [0, 0.1) is 34.2 Å². The number of amides is 4. The van der Waals surface area contributed by atoms with Crippen molar-refractivity contribution in [3.05, 3.63) is 123 Å². The van der Waals surface area contributed by atoms with Crippen molar-refractivity contribution in [3.8, 4) is 11.5 Å². The number of carbonyl (C=O) groups excluding carboxylic acids is 4. The molecule has 4 aliphatic rings. The van der Waals surface area contributed by atoms with Crippen LogP contribution in [0.25, 0.3) is 0 Å². The van der Waals surface area contributed by atoms with Gasteiger partial charge >= 0.3 is 7.12 Å². The number of aryl methyl sites for hydroxylation is 1. The van der Waals surface area contributed by atoms with Crippen LogP contribution in [0.4, 0.5) is 11.4 Å². The molecule has 0 radical (unpaired) electrons. The fourth-order valence-electron chi connectivity index (χ4n) is 9.12. The van der Waals surface area contributed by atoms with Gasteiger partial charge in [0.05, 0.1) is 45.2 Å². The molecule has 6 atom stereocenters. The molecule has 8 rings (SSSR count). The number of allylic oxidation sites excluding steroid dienone is 2. The smallest absolute Gasteiger partial charge is 0.488 e. The lowest BCUT2D eigenvalue weighted by Gasteiger charge is -2.50. The number of rotatable bonds is 7. The Morgan fingerprint density at radius 3 is 2.32 bits per heavy atom. The van der Waals surface area contributed by atoms with E-state index in [4.69, 9.17) is 4.74 Å². The van der Waals surface area contributed by atoms with Crippen LogP contribution >= 0.6 is 22.6 Å². The van der Waals surface area contributed by atoms with Gasteiger partial charge in [0.25, 0.3) is 11.8 Å². The maximum atomic E-state index is 15.3. The molecule has 4 aromatic carbocycles. The van der Waals surface area contributed by atoms with Crippen LogP contribution in [-0.2, 0) is 24.6 Å². The van der Waals surface area contributed by atoms with Gasteiger partial charge in [-0.15, -0.1) is 0 Å². The van der Waals surface area contributed by atoms with Crippen LogP contribution in [0.2, 0.25) is 0 Å². The molecule has 13 heteroatoms. The maximum absolute atomic E-state index is 15.3. The number of imide groups is 2. The lowest BCUT2D eigenvalue weighted by atomic mass is 9.49. The average molecular weight is 823 g/mol. The molecule has 0 bridgehead atoms. The molecule has 11 nitrogen and oxygen atoms in total. The summed E-state index contributed by atoms with van der Waals surface area (Å²) in [6, 6.07) is 26.1. The Morgan fingerprint density at radius 1 is 0.887 bits per heavy atom. The summed E-state index contributed by atoms with van der Waals surface area (Å²) >= 11 is 2.02. The number of halogens is 1. The molecular formula is C40H35BIN3O8. The first-order valence-corrected chi connectivity index (χ1v) is 18.4. The number of ether oxygens (including phenoxy) is 1. The highest BCUT2D eigenvalue weighted by Gasteiger charge is 2.70. The second-order valence-corrected chi connectivity index (χ2v) is 15.3. The van der Waals surface area contributed by atoms with Gasteiger partial charge in [0, 0.05) is 5.92 Å². The molecule has 268 valence electrons. The van der Waals surface area contributed by atoms with Gasteiger partial charge in [-0.3, -0.25) is 29.5 Å². The maximum Gasteiger partial charge on any atom is 0.488 e. The van der Waals surface area contributed by atoms with Crippen molar-refractivity contribution < 1.29 is 39.1 Å². The van der Waals surface area contributed by atoms with Gasteiger partial charge in [-0.1, -0.05) is 71.8 Å². The summed E-state index contributed by atoms with van der Waals surface area (Å²) in [5.41, 5.74) is 5.54. The van der Waals surface area contributed by atoms with E-state index >= 15 is 4.79 Å². The minimum atomic E-state index is -1.80. The molecular weight excluding hydrogens is 788 g/mol. The van der Waals surface area contributed by atoms with Crippen LogP contribution < -0.4 is 20.5 Å². The van der Waals surface area contributed by atoms with E-state index in [1.807, 2.05) is 78.1 Å². The first kappa shape index (κ1) is 35.1. The number of phenols is 1. The molecule has 53 heavy (non-hydrogen) atoms. The zero-order valence-corrected chi connectivity index (χ0v) is 30.9. The number of nitrogens with zero attached hydrogens (tertiary/aromatic N) is 2. The van der Waals surface area contributed by atoms with Gasteiger partial charge in [0.1, 0.15) is 0 Å². The van der Waals surface area contributed by atoms with E-state index in [0.29, 0.717) is 20.4 Å². The number of hydrogen-bond acceptors (Lipinski definition) is 9. The van der Waals surface area contributed by atoms with Crippen LogP contribution in [0.1, 0.15) is 35.4 Å². The summed E-state index contributed by atoms with van der Waals surface area (Å²) in [6.07, 6.45) is 2.29. The van der Waals surface area contributed by atoms with E-state index in [0.717, 1.165) is 21.0 Å². The predicted octanol–water partition coefficient (Wildman–Crippen LogP) is 4.18. The summed E-state index contributed by atoms with van der Waals surface area (Å²) in [6.45, 7) is 1.94. The Balaban J connectivity index is 1.32. The summed E-state index contributed by atoms with van der Waals surface area (Å²) < 4.78 is 6.08. The fraction of sp³-hybridized carbons (Fsp3) is 0.250. The number of methoxy groups -OCH3 is 1. The number of carbonyl (C=O) groups is 4. The molecule has 0 unspecified atom stereocenters.